The number of nitrogens with one attached hydrogen (secondary N) is 1. The molecule has 1 fully saturated rings. The molecule has 0 bridgehead atoms. The van der Waals surface area contributed by atoms with Crippen LogP contribution in [0.4, 0.5) is 0 Å². The number of carbonyl (C=O) groups excluding carboxylic acids is 1. The highest BCUT2D eigenvalue weighted by Gasteiger charge is 2.30. The van der Waals surface area contributed by atoms with Gasteiger partial charge in [0.1, 0.15) is 10.6 Å². The number of benzene rings is 2. The lowest BCUT2D eigenvalue weighted by Crippen LogP contribution is -2.41. The van der Waals surface area contributed by atoms with Gasteiger partial charge in [-0.15, -0.1) is 0 Å². The number of rotatable bonds is 8. The van der Waals surface area contributed by atoms with Gasteiger partial charge in [-0.1, -0.05) is 42.8 Å². The second-order valence-corrected chi connectivity index (χ2v) is 10.6. The molecule has 8 heteroatoms. The van der Waals surface area contributed by atoms with Crippen molar-refractivity contribution in [3.05, 3.63) is 58.6 Å². The lowest BCUT2D eigenvalue weighted by molar-refractivity contribution is -0.134. The smallest absolute Gasteiger partial charge is 0.244 e. The van der Waals surface area contributed by atoms with E-state index in [1.54, 1.807) is 24.3 Å². The van der Waals surface area contributed by atoms with Crippen LogP contribution in [0.1, 0.15) is 43.2 Å². The van der Waals surface area contributed by atoms with Crippen molar-refractivity contribution < 1.29 is 17.9 Å². The molecule has 32 heavy (non-hydrogen) atoms. The number of likely N-dealkylation sites (tertiary alicyclic amines) is 1. The maximum absolute atomic E-state index is 13.4. The van der Waals surface area contributed by atoms with E-state index in [4.69, 9.17) is 16.3 Å². The first-order chi connectivity index (χ1) is 15.2. The number of hydrogen-bond donors (Lipinski definition) is 1. The zero-order valence-corrected chi connectivity index (χ0v) is 20.4. The van der Waals surface area contributed by atoms with Crippen LogP contribution >= 0.6 is 11.6 Å². The summed E-state index contributed by atoms with van der Waals surface area (Å²) < 4.78 is 33.8. The Hall–Kier alpha value is -2.09. The number of piperidine rings is 1. The largest absolute Gasteiger partial charge is 0.495 e. The van der Waals surface area contributed by atoms with Gasteiger partial charge in [0.25, 0.3) is 0 Å². The van der Waals surface area contributed by atoms with E-state index in [0.29, 0.717) is 30.5 Å². The monoisotopic (exact) mass is 478 g/mol. The van der Waals surface area contributed by atoms with E-state index in [0.717, 1.165) is 24.0 Å². The van der Waals surface area contributed by atoms with E-state index in [-0.39, 0.29) is 23.1 Å². The Bertz CT molecular complexity index is 1050. The van der Waals surface area contributed by atoms with Gasteiger partial charge in [-0.2, -0.15) is 0 Å². The third kappa shape index (κ3) is 5.82. The van der Waals surface area contributed by atoms with Crippen molar-refractivity contribution in [2.24, 2.45) is 5.92 Å². The number of amides is 1. The Balaban J connectivity index is 1.78. The summed E-state index contributed by atoms with van der Waals surface area (Å²) in [6.07, 6.45) is 2.25. The maximum Gasteiger partial charge on any atom is 0.244 e. The summed E-state index contributed by atoms with van der Waals surface area (Å²) >= 11 is 6.42. The van der Waals surface area contributed by atoms with Gasteiger partial charge >= 0.3 is 0 Å². The number of carbonyl (C=O) groups is 1. The quantitative estimate of drug-likeness (QED) is 0.611. The molecule has 1 aliphatic heterocycles. The molecular weight excluding hydrogens is 448 g/mol. The number of hydrogen-bond acceptors (Lipinski definition) is 4. The Morgan fingerprint density at radius 2 is 1.91 bits per heavy atom. The molecule has 6 nitrogen and oxygen atoms in total. The predicted molar refractivity (Wildman–Crippen MR) is 127 cm³/mol. The molecule has 1 atom stereocenters. The summed E-state index contributed by atoms with van der Waals surface area (Å²) in [6, 6.07) is 12.3. The van der Waals surface area contributed by atoms with Crippen LogP contribution in [0.3, 0.4) is 0 Å². The topological polar surface area (TPSA) is 75.7 Å². The maximum atomic E-state index is 13.4. The summed E-state index contributed by atoms with van der Waals surface area (Å²) in [7, 11) is -2.36. The van der Waals surface area contributed by atoms with Gasteiger partial charge < -0.3 is 9.64 Å². The third-order valence-electron chi connectivity index (χ3n) is 6.01. The molecule has 2 aromatic carbocycles. The predicted octanol–water partition coefficient (Wildman–Crippen LogP) is 4.37. The highest BCUT2D eigenvalue weighted by Crippen LogP contribution is 2.31. The molecule has 1 aliphatic rings. The molecule has 174 valence electrons. The molecule has 1 heterocycles. The third-order valence-corrected chi connectivity index (χ3v) is 7.83. The Labute approximate surface area is 196 Å². The average Bonchev–Trinajstić information content (AvgIpc) is 2.77. The van der Waals surface area contributed by atoms with Crippen LogP contribution in [0.5, 0.6) is 5.75 Å². The van der Waals surface area contributed by atoms with Gasteiger partial charge in [0, 0.05) is 24.7 Å². The van der Waals surface area contributed by atoms with Crippen molar-refractivity contribution in [3.8, 4) is 5.75 Å². The molecule has 1 N–H and O–H groups in total. The number of halogens is 1. The van der Waals surface area contributed by atoms with Crippen molar-refractivity contribution >= 4 is 27.5 Å². The normalized spacial score (nSPS) is 16.1. The minimum absolute atomic E-state index is 0.00247. The second-order valence-electron chi connectivity index (χ2n) is 8.42. The van der Waals surface area contributed by atoms with Crippen molar-refractivity contribution in [1.29, 1.82) is 0 Å². The van der Waals surface area contributed by atoms with Crippen molar-refractivity contribution in [3.63, 3.8) is 0 Å². The van der Waals surface area contributed by atoms with E-state index < -0.39 is 15.9 Å². The van der Waals surface area contributed by atoms with Crippen LogP contribution in [-0.4, -0.2) is 46.0 Å². The van der Waals surface area contributed by atoms with Gasteiger partial charge in [-0.3, -0.25) is 4.79 Å². The lowest BCUT2D eigenvalue weighted by Gasteiger charge is -2.33. The van der Waals surface area contributed by atoms with Crippen LogP contribution < -0.4 is 9.46 Å². The summed E-state index contributed by atoms with van der Waals surface area (Å²) in [5.74, 6) is 0.370. The molecule has 3 rings (SSSR count). The highest BCUT2D eigenvalue weighted by molar-refractivity contribution is 7.89. The lowest BCUT2D eigenvalue weighted by atomic mass is 9.92. The number of methoxy groups -OCH3 is 1. The summed E-state index contributed by atoms with van der Waals surface area (Å²) in [5.41, 5.74) is 1.54. The molecule has 0 saturated carbocycles. The summed E-state index contributed by atoms with van der Waals surface area (Å²) in [5, 5.41) is 0.513. The second kappa shape index (κ2) is 10.7. The molecular formula is C24H31ClN2O4S. The van der Waals surface area contributed by atoms with E-state index in [1.807, 2.05) is 30.0 Å². The van der Waals surface area contributed by atoms with Gasteiger partial charge in [-0.25, -0.2) is 13.1 Å². The molecule has 0 aliphatic carbocycles. The van der Waals surface area contributed by atoms with Gasteiger partial charge in [0.15, 0.2) is 0 Å². The molecule has 1 amide bonds. The summed E-state index contributed by atoms with van der Waals surface area (Å²) in [6.45, 7) is 5.55. The molecule has 0 aromatic heterocycles. The Morgan fingerprint density at radius 3 is 2.56 bits per heavy atom. The fourth-order valence-electron chi connectivity index (χ4n) is 4.03. The minimum atomic E-state index is -3.80. The first-order valence-electron chi connectivity index (χ1n) is 10.9. The number of aryl methyl sites for hydroxylation is 1. The minimum Gasteiger partial charge on any atom is -0.495 e. The fraction of sp³-hybridized carbons (Fsp3) is 0.458. The van der Waals surface area contributed by atoms with Crippen LogP contribution in [-0.2, 0) is 14.8 Å². The zero-order chi connectivity index (χ0) is 23.3. The summed E-state index contributed by atoms with van der Waals surface area (Å²) in [4.78, 5) is 15.4. The van der Waals surface area contributed by atoms with Gasteiger partial charge in [-0.05, 0) is 61.4 Å². The van der Waals surface area contributed by atoms with E-state index in [9.17, 15) is 13.2 Å². The standard InChI is InChI=1S/C24H31ClN2O4S/c1-17-11-14-27(15-12-17)24(28)20(19-6-4-5-7-21(19)25)10-13-26-32(29,30)23-16-18(2)8-9-22(23)31-3/h4-9,16-17,20,26H,10-15H2,1-3H3. The fourth-order valence-corrected chi connectivity index (χ4v) is 5.60. The molecule has 1 saturated heterocycles. The van der Waals surface area contributed by atoms with Crippen LogP contribution in [0, 0.1) is 12.8 Å². The molecule has 0 radical (unpaired) electrons. The first kappa shape index (κ1) is 24.6. The molecule has 1 unspecified atom stereocenters. The van der Waals surface area contributed by atoms with Crippen LogP contribution in [0.2, 0.25) is 5.02 Å². The van der Waals surface area contributed by atoms with Crippen LogP contribution in [0.25, 0.3) is 0 Å². The number of sulfonamides is 1. The zero-order valence-electron chi connectivity index (χ0n) is 18.8. The molecule has 0 spiro atoms. The average molecular weight is 479 g/mol. The SMILES string of the molecule is COc1ccc(C)cc1S(=O)(=O)NCCC(C(=O)N1CCC(C)CC1)c1ccccc1Cl. The Morgan fingerprint density at radius 1 is 1.22 bits per heavy atom. The van der Waals surface area contributed by atoms with E-state index in [2.05, 4.69) is 11.6 Å². The highest BCUT2D eigenvalue weighted by atomic mass is 35.5. The first-order valence-corrected chi connectivity index (χ1v) is 12.8. The van der Waals surface area contributed by atoms with Crippen molar-refractivity contribution in [2.75, 3.05) is 26.7 Å². The van der Waals surface area contributed by atoms with E-state index in [1.165, 1.54) is 7.11 Å². The Kier molecular flexibility index (Phi) is 8.20. The number of ether oxygens (including phenoxy) is 1. The van der Waals surface area contributed by atoms with Gasteiger partial charge in [0.2, 0.25) is 15.9 Å². The van der Waals surface area contributed by atoms with Crippen LogP contribution in [0.15, 0.2) is 47.4 Å². The van der Waals surface area contributed by atoms with Crippen molar-refractivity contribution in [1.82, 2.24) is 9.62 Å². The van der Waals surface area contributed by atoms with E-state index >= 15 is 0 Å². The van der Waals surface area contributed by atoms with Crippen molar-refractivity contribution in [2.45, 2.75) is 43.9 Å². The van der Waals surface area contributed by atoms with Gasteiger partial charge in [0.05, 0.1) is 13.0 Å². The molecule has 2 aromatic rings. The number of nitrogens with zero attached hydrogens (tertiary/aromatic N) is 1.